The molecule has 7 heteroatoms. The van der Waals surface area contributed by atoms with Crippen LogP contribution in [0.5, 0.6) is 0 Å². The van der Waals surface area contributed by atoms with Crippen LogP contribution < -0.4 is 0 Å². The number of nitrogens with zero attached hydrogens (tertiary/aromatic N) is 1. The van der Waals surface area contributed by atoms with Crippen molar-refractivity contribution in [3.8, 4) is 0 Å². The summed E-state index contributed by atoms with van der Waals surface area (Å²) in [6, 6.07) is 2.65. The molecule has 0 radical (unpaired) electrons. The van der Waals surface area contributed by atoms with E-state index < -0.39 is 17.7 Å². The zero-order valence-electron chi connectivity index (χ0n) is 12.2. The number of alkyl halides is 4. The molecule has 3 nitrogen and oxygen atoms in total. The van der Waals surface area contributed by atoms with Gasteiger partial charge in [-0.25, -0.2) is 4.79 Å². The van der Waals surface area contributed by atoms with E-state index in [0.717, 1.165) is 32.0 Å². The summed E-state index contributed by atoms with van der Waals surface area (Å²) >= 11 is 3.04. The van der Waals surface area contributed by atoms with E-state index in [1.165, 1.54) is 13.2 Å². The summed E-state index contributed by atoms with van der Waals surface area (Å²) in [6.45, 7) is 2.15. The molecule has 0 saturated carbocycles. The van der Waals surface area contributed by atoms with E-state index in [0.29, 0.717) is 12.1 Å². The summed E-state index contributed by atoms with van der Waals surface area (Å²) in [5.74, 6) is -0.747. The monoisotopic (exact) mass is 379 g/mol. The number of hydrogen-bond acceptors (Lipinski definition) is 3. The number of ether oxygens (including phenoxy) is 1. The Balaban J connectivity index is 2.48. The van der Waals surface area contributed by atoms with Gasteiger partial charge < -0.3 is 4.74 Å². The van der Waals surface area contributed by atoms with Gasteiger partial charge in [0, 0.05) is 11.9 Å². The number of carbonyl (C=O) groups is 1. The second-order valence-electron chi connectivity index (χ2n) is 5.28. The lowest BCUT2D eigenvalue weighted by Gasteiger charge is -2.20. The maximum absolute atomic E-state index is 13.3. The van der Waals surface area contributed by atoms with Crippen LogP contribution in [0.25, 0.3) is 0 Å². The first-order valence-corrected chi connectivity index (χ1v) is 8.08. The van der Waals surface area contributed by atoms with Crippen LogP contribution in [0, 0.1) is 0 Å². The Hall–Kier alpha value is -1.08. The fraction of sp³-hybridized carbons (Fsp3) is 0.533. The number of benzene rings is 1. The lowest BCUT2D eigenvalue weighted by Crippen LogP contribution is -2.21. The summed E-state index contributed by atoms with van der Waals surface area (Å²) in [4.78, 5) is 13.9. The Labute approximate surface area is 135 Å². The first-order valence-electron chi connectivity index (χ1n) is 6.96. The van der Waals surface area contributed by atoms with Crippen LogP contribution in [0.2, 0.25) is 0 Å². The van der Waals surface area contributed by atoms with E-state index in [1.807, 2.05) is 0 Å². The molecule has 1 aliphatic rings. The van der Waals surface area contributed by atoms with Gasteiger partial charge in [-0.1, -0.05) is 15.9 Å². The molecule has 2 rings (SSSR count). The smallest absolute Gasteiger partial charge is 0.416 e. The summed E-state index contributed by atoms with van der Waals surface area (Å²) in [5, 5.41) is -0.0593. The van der Waals surface area contributed by atoms with Crippen molar-refractivity contribution < 1.29 is 22.7 Å². The third-order valence-corrected chi connectivity index (χ3v) is 4.32. The number of likely N-dealkylation sites (tertiary alicyclic amines) is 1. The average molecular weight is 380 g/mol. The minimum absolute atomic E-state index is 0.0246. The van der Waals surface area contributed by atoms with Crippen LogP contribution in [0.15, 0.2) is 12.1 Å². The summed E-state index contributed by atoms with van der Waals surface area (Å²) in [6.07, 6.45) is -2.40. The van der Waals surface area contributed by atoms with Gasteiger partial charge >= 0.3 is 12.1 Å². The molecule has 0 spiro atoms. The Kier molecular flexibility index (Phi) is 5.50. The fourth-order valence-corrected chi connectivity index (χ4v) is 3.32. The van der Waals surface area contributed by atoms with Crippen LogP contribution in [-0.4, -0.2) is 31.1 Å². The molecular weight excluding hydrogens is 363 g/mol. The van der Waals surface area contributed by atoms with Crippen LogP contribution in [0.1, 0.15) is 39.9 Å². The van der Waals surface area contributed by atoms with E-state index in [4.69, 9.17) is 0 Å². The third-order valence-electron chi connectivity index (χ3n) is 3.76. The predicted molar refractivity (Wildman–Crippen MR) is 79.9 cm³/mol. The minimum atomic E-state index is -4.51. The number of carbonyl (C=O) groups excluding carboxylic acids is 1. The zero-order valence-corrected chi connectivity index (χ0v) is 13.8. The second-order valence-corrected chi connectivity index (χ2v) is 5.84. The van der Waals surface area contributed by atoms with Crippen molar-refractivity contribution in [1.82, 2.24) is 4.90 Å². The summed E-state index contributed by atoms with van der Waals surface area (Å²) < 4.78 is 44.5. The highest BCUT2D eigenvalue weighted by Crippen LogP contribution is 2.36. The number of methoxy groups -OCH3 is 1. The lowest BCUT2D eigenvalue weighted by molar-refractivity contribution is -0.138. The first-order chi connectivity index (χ1) is 10.4. The molecule has 1 fully saturated rings. The van der Waals surface area contributed by atoms with Crippen molar-refractivity contribution in [3.05, 3.63) is 34.4 Å². The molecule has 0 aromatic heterocycles. The lowest BCUT2D eigenvalue weighted by atomic mass is 9.97. The average Bonchev–Trinajstić information content (AvgIpc) is 2.97. The summed E-state index contributed by atoms with van der Waals surface area (Å²) in [5.41, 5.74) is -0.395. The molecule has 1 aliphatic heterocycles. The van der Waals surface area contributed by atoms with Crippen LogP contribution in [0.4, 0.5) is 13.2 Å². The van der Waals surface area contributed by atoms with E-state index in [-0.39, 0.29) is 16.5 Å². The van der Waals surface area contributed by atoms with Crippen molar-refractivity contribution >= 4 is 21.9 Å². The van der Waals surface area contributed by atoms with Crippen molar-refractivity contribution in [2.24, 2.45) is 0 Å². The number of rotatable bonds is 4. The van der Waals surface area contributed by atoms with Crippen LogP contribution in [0.3, 0.4) is 0 Å². The molecule has 1 aromatic rings. The highest BCUT2D eigenvalue weighted by molar-refractivity contribution is 9.08. The van der Waals surface area contributed by atoms with E-state index >= 15 is 0 Å². The van der Waals surface area contributed by atoms with Crippen molar-refractivity contribution in [2.75, 3.05) is 20.2 Å². The second kappa shape index (κ2) is 7.00. The Morgan fingerprint density at radius 2 is 1.95 bits per heavy atom. The Morgan fingerprint density at radius 1 is 1.32 bits per heavy atom. The molecule has 1 aromatic carbocycles. The molecule has 22 heavy (non-hydrogen) atoms. The molecule has 0 amide bonds. The number of halogens is 4. The van der Waals surface area contributed by atoms with Crippen LogP contribution >= 0.6 is 15.9 Å². The van der Waals surface area contributed by atoms with E-state index in [2.05, 4.69) is 25.6 Å². The first kappa shape index (κ1) is 17.3. The highest BCUT2D eigenvalue weighted by Gasteiger charge is 2.35. The molecule has 0 N–H and O–H groups in total. The third kappa shape index (κ3) is 3.81. The van der Waals surface area contributed by atoms with Crippen LogP contribution in [-0.2, 0) is 22.8 Å². The predicted octanol–water partition coefficient (Wildman–Crippen LogP) is 3.98. The van der Waals surface area contributed by atoms with Crippen molar-refractivity contribution in [1.29, 1.82) is 0 Å². The van der Waals surface area contributed by atoms with Gasteiger partial charge in [0.25, 0.3) is 0 Å². The van der Waals surface area contributed by atoms with Crippen molar-refractivity contribution in [3.63, 3.8) is 0 Å². The number of hydrogen-bond donors (Lipinski definition) is 0. The van der Waals surface area contributed by atoms with Gasteiger partial charge in [-0.2, -0.15) is 13.2 Å². The molecular formula is C15H17BrF3NO2. The van der Waals surface area contributed by atoms with Gasteiger partial charge in [-0.3, -0.25) is 4.90 Å². The van der Waals surface area contributed by atoms with Gasteiger partial charge in [0.2, 0.25) is 0 Å². The highest BCUT2D eigenvalue weighted by atomic mass is 79.9. The molecule has 0 aliphatic carbocycles. The largest absolute Gasteiger partial charge is 0.465 e. The minimum Gasteiger partial charge on any atom is -0.465 e. The molecule has 0 bridgehead atoms. The maximum atomic E-state index is 13.3. The van der Waals surface area contributed by atoms with Crippen molar-refractivity contribution in [2.45, 2.75) is 30.9 Å². The van der Waals surface area contributed by atoms with Gasteiger partial charge in [0.1, 0.15) is 0 Å². The van der Waals surface area contributed by atoms with Gasteiger partial charge in [0.05, 0.1) is 18.2 Å². The Bertz CT molecular complexity index is 554. The Morgan fingerprint density at radius 3 is 2.45 bits per heavy atom. The molecule has 1 saturated heterocycles. The number of esters is 1. The normalized spacial score (nSPS) is 16.0. The molecule has 1 heterocycles. The van der Waals surface area contributed by atoms with Gasteiger partial charge in [0.15, 0.2) is 0 Å². The standard InChI is InChI=1S/C15H17BrF3NO2/c1-22-14(21)11-6-10(9-20-4-2-3-5-20)7-13(12(11)8-16)15(17,18)19/h6-7H,2-5,8-9H2,1H3. The van der Waals surface area contributed by atoms with E-state index in [9.17, 15) is 18.0 Å². The maximum Gasteiger partial charge on any atom is 0.416 e. The SMILES string of the molecule is COC(=O)c1cc(CN2CCCC2)cc(C(F)(F)F)c1CBr. The summed E-state index contributed by atoms with van der Waals surface area (Å²) in [7, 11) is 1.17. The zero-order chi connectivity index (χ0) is 16.3. The fourth-order valence-electron chi connectivity index (χ4n) is 2.71. The topological polar surface area (TPSA) is 29.5 Å². The quantitative estimate of drug-likeness (QED) is 0.585. The van der Waals surface area contributed by atoms with Gasteiger partial charge in [-0.05, 0) is 49.2 Å². The molecule has 122 valence electrons. The molecule has 0 unspecified atom stereocenters. The van der Waals surface area contributed by atoms with E-state index in [1.54, 1.807) is 0 Å². The van der Waals surface area contributed by atoms with Gasteiger partial charge in [-0.15, -0.1) is 0 Å². The molecule has 0 atom stereocenters.